The molecule has 0 aliphatic heterocycles. The Hall–Kier alpha value is -0.160. The summed E-state index contributed by atoms with van der Waals surface area (Å²) in [4.78, 5) is 0. The normalized spacial score (nSPS) is 21.7. The van der Waals surface area contributed by atoms with Gasteiger partial charge in [0.15, 0.2) is 0 Å². The van der Waals surface area contributed by atoms with Crippen molar-refractivity contribution in [3.63, 3.8) is 0 Å². The highest BCUT2D eigenvalue weighted by molar-refractivity contribution is 7.98. The van der Waals surface area contributed by atoms with Crippen LogP contribution < -0.4 is 0 Å². The lowest BCUT2D eigenvalue weighted by Crippen LogP contribution is -2.22. The fourth-order valence-corrected chi connectivity index (χ4v) is 2.54. The summed E-state index contributed by atoms with van der Waals surface area (Å²) in [6.07, 6.45) is 9.37. The SMILES string of the molecule is CSCCC1(C#N)CCCCC1. The summed E-state index contributed by atoms with van der Waals surface area (Å²) in [6, 6.07) is 2.54. The molecule has 68 valence electrons. The number of thioether (sulfide) groups is 1. The van der Waals surface area contributed by atoms with Gasteiger partial charge in [-0.3, -0.25) is 0 Å². The molecule has 0 atom stereocenters. The van der Waals surface area contributed by atoms with Crippen molar-refractivity contribution >= 4 is 11.8 Å². The van der Waals surface area contributed by atoms with Gasteiger partial charge in [-0.1, -0.05) is 19.3 Å². The molecule has 0 aromatic heterocycles. The first-order chi connectivity index (χ1) is 5.83. The molecule has 1 aliphatic rings. The highest BCUT2D eigenvalue weighted by Crippen LogP contribution is 2.39. The van der Waals surface area contributed by atoms with E-state index in [0.717, 1.165) is 25.0 Å². The van der Waals surface area contributed by atoms with E-state index in [9.17, 15) is 0 Å². The van der Waals surface area contributed by atoms with Crippen molar-refractivity contribution in [1.29, 1.82) is 5.26 Å². The Morgan fingerprint density at radius 3 is 2.50 bits per heavy atom. The maximum atomic E-state index is 9.11. The topological polar surface area (TPSA) is 23.8 Å². The average Bonchev–Trinajstić information content (AvgIpc) is 2.16. The minimum atomic E-state index is 0.0568. The van der Waals surface area contributed by atoms with Gasteiger partial charge >= 0.3 is 0 Å². The molecular formula is C10H17NS. The molecule has 0 aromatic rings. The minimum absolute atomic E-state index is 0.0568. The third kappa shape index (κ3) is 2.42. The van der Waals surface area contributed by atoms with Crippen molar-refractivity contribution in [2.45, 2.75) is 38.5 Å². The predicted octanol–water partition coefficient (Wildman–Crippen LogP) is 3.21. The molecule has 1 nitrogen and oxygen atoms in total. The number of hydrogen-bond donors (Lipinski definition) is 0. The van der Waals surface area contributed by atoms with Gasteiger partial charge in [0.2, 0.25) is 0 Å². The van der Waals surface area contributed by atoms with E-state index in [1.807, 2.05) is 11.8 Å². The van der Waals surface area contributed by atoms with Gasteiger partial charge in [0.05, 0.1) is 11.5 Å². The number of nitriles is 1. The molecule has 0 spiro atoms. The molecule has 0 saturated heterocycles. The Kier molecular flexibility index (Phi) is 3.94. The molecule has 0 heterocycles. The van der Waals surface area contributed by atoms with Gasteiger partial charge in [-0.2, -0.15) is 17.0 Å². The first-order valence-corrected chi connectivity index (χ1v) is 6.13. The van der Waals surface area contributed by atoms with Gasteiger partial charge in [0, 0.05) is 0 Å². The Bertz CT molecular complexity index is 165. The summed E-state index contributed by atoms with van der Waals surface area (Å²) >= 11 is 1.86. The van der Waals surface area contributed by atoms with Gasteiger partial charge < -0.3 is 0 Å². The smallest absolute Gasteiger partial charge is 0.0690 e. The van der Waals surface area contributed by atoms with Crippen LogP contribution in [0.15, 0.2) is 0 Å². The van der Waals surface area contributed by atoms with Crippen molar-refractivity contribution in [2.75, 3.05) is 12.0 Å². The largest absolute Gasteiger partial charge is 0.198 e. The van der Waals surface area contributed by atoms with E-state index in [1.165, 1.54) is 19.3 Å². The molecule has 0 aromatic carbocycles. The monoisotopic (exact) mass is 183 g/mol. The lowest BCUT2D eigenvalue weighted by molar-refractivity contribution is 0.261. The lowest BCUT2D eigenvalue weighted by atomic mass is 9.73. The van der Waals surface area contributed by atoms with Crippen LogP contribution >= 0.6 is 11.8 Å². The first-order valence-electron chi connectivity index (χ1n) is 4.73. The number of nitrogens with zero attached hydrogens (tertiary/aromatic N) is 1. The third-order valence-corrected chi connectivity index (χ3v) is 3.44. The molecule has 0 radical (unpaired) electrons. The standard InChI is InChI=1S/C10H17NS/c1-12-8-7-10(9-11)5-3-2-4-6-10/h2-8H2,1H3. The van der Waals surface area contributed by atoms with Gasteiger partial charge in [-0.05, 0) is 31.3 Å². The van der Waals surface area contributed by atoms with Crippen LogP contribution in [0.1, 0.15) is 38.5 Å². The van der Waals surface area contributed by atoms with Crippen LogP contribution in [0.25, 0.3) is 0 Å². The predicted molar refractivity (Wildman–Crippen MR) is 54.1 cm³/mol. The van der Waals surface area contributed by atoms with E-state index in [1.54, 1.807) is 0 Å². The number of hydrogen-bond acceptors (Lipinski definition) is 2. The van der Waals surface area contributed by atoms with Crippen molar-refractivity contribution in [2.24, 2.45) is 5.41 Å². The molecule has 0 N–H and O–H groups in total. The minimum Gasteiger partial charge on any atom is -0.198 e. The summed E-state index contributed by atoms with van der Waals surface area (Å²) in [5, 5.41) is 9.11. The second kappa shape index (κ2) is 4.77. The summed E-state index contributed by atoms with van der Waals surface area (Å²) in [5.41, 5.74) is 0.0568. The quantitative estimate of drug-likeness (QED) is 0.671. The summed E-state index contributed by atoms with van der Waals surface area (Å²) < 4.78 is 0. The van der Waals surface area contributed by atoms with E-state index in [4.69, 9.17) is 5.26 Å². The van der Waals surface area contributed by atoms with Crippen molar-refractivity contribution in [3.8, 4) is 6.07 Å². The molecular weight excluding hydrogens is 166 g/mol. The second-order valence-electron chi connectivity index (χ2n) is 3.70. The van der Waals surface area contributed by atoms with E-state index < -0.39 is 0 Å². The van der Waals surface area contributed by atoms with E-state index in [-0.39, 0.29) is 5.41 Å². The zero-order chi connectivity index (χ0) is 8.86. The molecule has 0 amide bonds. The summed E-state index contributed by atoms with van der Waals surface area (Å²) in [6.45, 7) is 0. The van der Waals surface area contributed by atoms with Crippen LogP contribution in [0, 0.1) is 16.7 Å². The number of rotatable bonds is 3. The van der Waals surface area contributed by atoms with Gasteiger partial charge in [-0.15, -0.1) is 0 Å². The Morgan fingerprint density at radius 1 is 1.33 bits per heavy atom. The summed E-state index contributed by atoms with van der Waals surface area (Å²) in [5.74, 6) is 1.15. The average molecular weight is 183 g/mol. The fraction of sp³-hybridized carbons (Fsp3) is 0.900. The van der Waals surface area contributed by atoms with Crippen LogP contribution in [0.2, 0.25) is 0 Å². The van der Waals surface area contributed by atoms with Crippen molar-refractivity contribution in [3.05, 3.63) is 0 Å². The Labute approximate surface area is 79.5 Å². The Morgan fingerprint density at radius 2 is 2.00 bits per heavy atom. The zero-order valence-corrected chi connectivity index (χ0v) is 8.62. The fourth-order valence-electron chi connectivity index (χ4n) is 1.94. The first kappa shape index (κ1) is 9.92. The van der Waals surface area contributed by atoms with Gasteiger partial charge in [-0.25, -0.2) is 0 Å². The lowest BCUT2D eigenvalue weighted by Gasteiger charge is -2.30. The van der Waals surface area contributed by atoms with Crippen molar-refractivity contribution < 1.29 is 0 Å². The highest BCUT2D eigenvalue weighted by atomic mass is 32.2. The van der Waals surface area contributed by atoms with Crippen molar-refractivity contribution in [1.82, 2.24) is 0 Å². The maximum absolute atomic E-state index is 9.11. The molecule has 12 heavy (non-hydrogen) atoms. The molecule has 0 bridgehead atoms. The van der Waals surface area contributed by atoms with Gasteiger partial charge in [0.1, 0.15) is 0 Å². The maximum Gasteiger partial charge on any atom is 0.0690 e. The molecule has 2 heteroatoms. The molecule has 1 rings (SSSR count). The van der Waals surface area contributed by atoms with Crippen LogP contribution in [0.3, 0.4) is 0 Å². The Balaban J connectivity index is 2.44. The van der Waals surface area contributed by atoms with E-state index in [0.29, 0.717) is 0 Å². The molecule has 1 saturated carbocycles. The van der Waals surface area contributed by atoms with Crippen LogP contribution in [0.5, 0.6) is 0 Å². The van der Waals surface area contributed by atoms with Crippen LogP contribution in [-0.4, -0.2) is 12.0 Å². The van der Waals surface area contributed by atoms with Crippen LogP contribution in [-0.2, 0) is 0 Å². The molecule has 1 aliphatic carbocycles. The zero-order valence-electron chi connectivity index (χ0n) is 7.81. The third-order valence-electron chi connectivity index (χ3n) is 2.83. The van der Waals surface area contributed by atoms with E-state index >= 15 is 0 Å². The van der Waals surface area contributed by atoms with Crippen LogP contribution in [0.4, 0.5) is 0 Å². The molecule has 0 unspecified atom stereocenters. The highest BCUT2D eigenvalue weighted by Gasteiger charge is 2.30. The summed E-state index contributed by atoms with van der Waals surface area (Å²) in [7, 11) is 0. The molecule has 1 fully saturated rings. The van der Waals surface area contributed by atoms with Gasteiger partial charge in [0.25, 0.3) is 0 Å². The second-order valence-corrected chi connectivity index (χ2v) is 4.68. The van der Waals surface area contributed by atoms with E-state index in [2.05, 4.69) is 12.3 Å².